The van der Waals surface area contributed by atoms with Crippen LogP contribution in [-0.4, -0.2) is 47.3 Å². The van der Waals surface area contributed by atoms with Crippen molar-refractivity contribution < 1.29 is 23.8 Å². The molecule has 3 rings (SSSR count). The molecule has 1 aromatic heterocycles. The van der Waals surface area contributed by atoms with Crippen LogP contribution in [0.3, 0.4) is 0 Å². The molecule has 0 N–H and O–H groups in total. The molecule has 0 saturated carbocycles. The molecule has 162 valence electrons. The van der Waals surface area contributed by atoms with E-state index in [9.17, 15) is 9.59 Å². The van der Waals surface area contributed by atoms with Gasteiger partial charge in [-0.25, -0.2) is 14.6 Å². The van der Waals surface area contributed by atoms with Crippen molar-refractivity contribution in [1.82, 2.24) is 9.88 Å². The average molecular weight is 453 g/mol. The highest BCUT2D eigenvalue weighted by Crippen LogP contribution is 2.42. The van der Waals surface area contributed by atoms with E-state index in [1.54, 1.807) is 35.5 Å². The van der Waals surface area contributed by atoms with E-state index in [1.807, 2.05) is 20.8 Å². The molecular formula is C21H25ClN2O5S. The Balaban J connectivity index is 2.00. The van der Waals surface area contributed by atoms with E-state index in [0.717, 1.165) is 10.6 Å². The van der Waals surface area contributed by atoms with Crippen molar-refractivity contribution in [2.75, 3.05) is 19.8 Å². The van der Waals surface area contributed by atoms with E-state index < -0.39 is 23.7 Å². The summed E-state index contributed by atoms with van der Waals surface area (Å²) in [4.78, 5) is 31.8. The fourth-order valence-electron chi connectivity index (χ4n) is 3.22. The Morgan fingerprint density at radius 3 is 2.80 bits per heavy atom. The largest absolute Gasteiger partial charge is 0.482 e. The van der Waals surface area contributed by atoms with Gasteiger partial charge in [0.15, 0.2) is 6.61 Å². The first-order valence-electron chi connectivity index (χ1n) is 9.69. The lowest BCUT2D eigenvalue weighted by Gasteiger charge is -2.37. The first-order chi connectivity index (χ1) is 14.2. The van der Waals surface area contributed by atoms with Crippen LogP contribution in [0, 0.1) is 0 Å². The molecule has 0 aliphatic carbocycles. The molecule has 0 fully saturated rings. The Morgan fingerprint density at radius 2 is 2.10 bits per heavy atom. The van der Waals surface area contributed by atoms with Crippen LogP contribution in [0.4, 0.5) is 4.79 Å². The summed E-state index contributed by atoms with van der Waals surface area (Å²) in [6.07, 6.45) is 0.205. The zero-order chi connectivity index (χ0) is 21.9. The lowest BCUT2D eigenvalue weighted by molar-refractivity contribution is -0.145. The summed E-state index contributed by atoms with van der Waals surface area (Å²) in [5.41, 5.74) is 2.73. The van der Waals surface area contributed by atoms with E-state index in [-0.39, 0.29) is 13.2 Å². The maximum absolute atomic E-state index is 13.0. The van der Waals surface area contributed by atoms with Crippen LogP contribution in [-0.2, 0) is 20.7 Å². The van der Waals surface area contributed by atoms with Crippen molar-refractivity contribution in [3.05, 3.63) is 44.9 Å². The maximum atomic E-state index is 13.0. The summed E-state index contributed by atoms with van der Waals surface area (Å²) in [5.74, 6) is -0.0169. The zero-order valence-corrected chi connectivity index (χ0v) is 19.0. The van der Waals surface area contributed by atoms with Crippen LogP contribution in [0.25, 0.3) is 0 Å². The number of nitrogens with zero attached hydrogens (tertiary/aromatic N) is 2. The molecule has 0 spiro atoms. The summed E-state index contributed by atoms with van der Waals surface area (Å²) in [7, 11) is 0. The topological polar surface area (TPSA) is 78.0 Å². The highest BCUT2D eigenvalue weighted by Gasteiger charge is 2.38. The second-order valence-corrected chi connectivity index (χ2v) is 9.09. The zero-order valence-electron chi connectivity index (χ0n) is 17.4. The Kier molecular flexibility index (Phi) is 6.88. The molecule has 30 heavy (non-hydrogen) atoms. The van der Waals surface area contributed by atoms with Gasteiger partial charge in [0.25, 0.3) is 0 Å². The van der Waals surface area contributed by atoms with E-state index in [1.165, 1.54) is 11.3 Å². The summed E-state index contributed by atoms with van der Waals surface area (Å²) in [5, 5.41) is 0.495. The van der Waals surface area contributed by atoms with Gasteiger partial charge in [0.2, 0.25) is 0 Å². The summed E-state index contributed by atoms with van der Waals surface area (Å²) >= 11 is 7.75. The number of halogens is 1. The minimum atomic E-state index is -0.632. The third-order valence-electron chi connectivity index (χ3n) is 4.37. The minimum absolute atomic E-state index is 0.239. The first kappa shape index (κ1) is 22.4. The van der Waals surface area contributed by atoms with E-state index in [0.29, 0.717) is 29.3 Å². The van der Waals surface area contributed by atoms with Gasteiger partial charge in [-0.05, 0) is 45.9 Å². The van der Waals surface area contributed by atoms with Gasteiger partial charge in [-0.1, -0.05) is 11.6 Å². The standard InChI is InChI=1S/C21H25ClN2O5S/c1-5-27-17(25)11-28-16-7-6-13(22)10-14(16)18-19-15(23-12-30-19)8-9-24(18)20(26)29-21(2,3)4/h6-7,10,12,18H,5,8-9,11H2,1-4H3/t18-/m1/s1. The molecule has 1 aliphatic heterocycles. The van der Waals surface area contributed by atoms with Crippen molar-refractivity contribution >= 4 is 35.0 Å². The molecule has 7 nitrogen and oxygen atoms in total. The number of hydrogen-bond acceptors (Lipinski definition) is 7. The molecule has 1 aromatic carbocycles. The second-order valence-electron chi connectivity index (χ2n) is 7.77. The van der Waals surface area contributed by atoms with Gasteiger partial charge >= 0.3 is 12.1 Å². The predicted octanol–water partition coefficient (Wildman–Crippen LogP) is 4.62. The molecule has 1 atom stereocenters. The number of esters is 1. The van der Waals surface area contributed by atoms with Crippen molar-refractivity contribution in [2.45, 2.75) is 45.8 Å². The van der Waals surface area contributed by atoms with Gasteiger partial charge in [0.1, 0.15) is 17.4 Å². The number of rotatable bonds is 5. The molecule has 0 bridgehead atoms. The van der Waals surface area contributed by atoms with Crippen LogP contribution in [0.2, 0.25) is 5.02 Å². The SMILES string of the molecule is CCOC(=O)COc1ccc(Cl)cc1[C@@H]1c2scnc2CCN1C(=O)OC(C)(C)C. The quantitative estimate of drug-likeness (QED) is 0.616. The normalized spacial score (nSPS) is 16.0. The minimum Gasteiger partial charge on any atom is -0.482 e. The van der Waals surface area contributed by atoms with Crippen molar-refractivity contribution in [2.24, 2.45) is 0 Å². The Hall–Kier alpha value is -2.32. The third-order valence-corrected chi connectivity index (χ3v) is 5.53. The van der Waals surface area contributed by atoms with E-state index in [4.69, 9.17) is 25.8 Å². The summed E-state index contributed by atoms with van der Waals surface area (Å²) in [6, 6.07) is 4.64. The number of ether oxygens (including phenoxy) is 3. The molecule has 2 heterocycles. The van der Waals surface area contributed by atoms with Crippen LogP contribution in [0.5, 0.6) is 5.75 Å². The van der Waals surface area contributed by atoms with Gasteiger partial charge in [0.05, 0.1) is 22.7 Å². The fourth-order valence-corrected chi connectivity index (χ4v) is 4.36. The maximum Gasteiger partial charge on any atom is 0.411 e. The number of benzene rings is 1. The number of aromatic nitrogens is 1. The molecule has 0 saturated heterocycles. The fraction of sp³-hybridized carbons (Fsp3) is 0.476. The molecule has 1 aliphatic rings. The van der Waals surface area contributed by atoms with Gasteiger partial charge in [-0.15, -0.1) is 11.3 Å². The van der Waals surface area contributed by atoms with Crippen molar-refractivity contribution in [1.29, 1.82) is 0 Å². The van der Waals surface area contributed by atoms with E-state index in [2.05, 4.69) is 4.98 Å². The number of fused-ring (bicyclic) bond motifs is 1. The predicted molar refractivity (Wildman–Crippen MR) is 114 cm³/mol. The van der Waals surface area contributed by atoms with Gasteiger partial charge in [-0.2, -0.15) is 0 Å². The molecule has 0 radical (unpaired) electrons. The lowest BCUT2D eigenvalue weighted by atomic mass is 9.97. The number of carbonyl (C=O) groups is 2. The van der Waals surface area contributed by atoms with E-state index >= 15 is 0 Å². The Labute approximate surface area is 184 Å². The van der Waals surface area contributed by atoms with Crippen molar-refractivity contribution in [3.63, 3.8) is 0 Å². The van der Waals surface area contributed by atoms with Crippen LogP contribution < -0.4 is 4.74 Å². The number of carbonyl (C=O) groups excluding carboxylic acids is 2. The number of thiazole rings is 1. The lowest BCUT2D eigenvalue weighted by Crippen LogP contribution is -2.43. The highest BCUT2D eigenvalue weighted by molar-refractivity contribution is 7.09. The van der Waals surface area contributed by atoms with Gasteiger partial charge in [0, 0.05) is 23.6 Å². The monoisotopic (exact) mass is 452 g/mol. The summed E-state index contributed by atoms with van der Waals surface area (Å²) < 4.78 is 16.3. The molecular weight excluding hydrogens is 428 g/mol. The number of amides is 1. The molecule has 0 unspecified atom stereocenters. The van der Waals surface area contributed by atoms with Crippen LogP contribution in [0.1, 0.15) is 49.9 Å². The summed E-state index contributed by atoms with van der Waals surface area (Å²) in [6.45, 7) is 7.70. The smallest absolute Gasteiger partial charge is 0.411 e. The first-order valence-corrected chi connectivity index (χ1v) is 10.9. The van der Waals surface area contributed by atoms with Crippen molar-refractivity contribution in [3.8, 4) is 5.75 Å². The highest BCUT2D eigenvalue weighted by atomic mass is 35.5. The second kappa shape index (κ2) is 9.22. The van der Waals surface area contributed by atoms with Gasteiger partial charge in [-0.3, -0.25) is 4.90 Å². The Bertz CT molecular complexity index is 924. The Morgan fingerprint density at radius 1 is 1.33 bits per heavy atom. The molecule has 2 aromatic rings. The third kappa shape index (κ3) is 5.23. The average Bonchev–Trinajstić information content (AvgIpc) is 3.14. The molecule has 1 amide bonds. The van der Waals surface area contributed by atoms with Crippen LogP contribution in [0.15, 0.2) is 23.7 Å². The number of hydrogen-bond donors (Lipinski definition) is 0. The van der Waals surface area contributed by atoms with Crippen LogP contribution >= 0.6 is 22.9 Å². The molecule has 9 heteroatoms. The van der Waals surface area contributed by atoms with Gasteiger partial charge < -0.3 is 14.2 Å².